The molecule has 0 spiro atoms. The third kappa shape index (κ3) is 6.98. The molecule has 1 atom stereocenters. The second-order valence-corrected chi connectivity index (χ2v) is 9.18. The number of hydrogen-bond donors (Lipinski definition) is 1. The summed E-state index contributed by atoms with van der Waals surface area (Å²) >= 11 is 6.47. The predicted molar refractivity (Wildman–Crippen MR) is 129 cm³/mol. The molecule has 0 saturated heterocycles. The maximum atomic E-state index is 13.3. The van der Waals surface area contributed by atoms with Crippen molar-refractivity contribution in [3.8, 4) is 17.4 Å². The van der Waals surface area contributed by atoms with Gasteiger partial charge < -0.3 is 24.4 Å². The molecule has 1 unspecified atom stereocenters. The van der Waals surface area contributed by atoms with Crippen LogP contribution in [0.3, 0.4) is 0 Å². The van der Waals surface area contributed by atoms with Crippen LogP contribution < -0.4 is 19.5 Å². The third-order valence-electron chi connectivity index (χ3n) is 5.36. The summed E-state index contributed by atoms with van der Waals surface area (Å²) in [6.45, 7) is 9.59. The summed E-state index contributed by atoms with van der Waals surface area (Å²) in [7, 11) is 1.60. The van der Waals surface area contributed by atoms with Gasteiger partial charge >= 0.3 is 0 Å². The Labute approximate surface area is 201 Å². The average Bonchev–Trinajstić information content (AvgIpc) is 3.04. The van der Waals surface area contributed by atoms with Crippen LogP contribution in [0.5, 0.6) is 17.4 Å². The summed E-state index contributed by atoms with van der Waals surface area (Å²) < 4.78 is 16.8. The van der Waals surface area contributed by atoms with Crippen LogP contribution in [0.25, 0.3) is 0 Å². The van der Waals surface area contributed by atoms with Crippen molar-refractivity contribution in [1.29, 1.82) is 0 Å². The number of benzene rings is 1. The second-order valence-electron chi connectivity index (χ2n) is 8.77. The predicted octanol–water partition coefficient (Wildman–Crippen LogP) is 4.32. The zero-order chi connectivity index (χ0) is 23.8. The lowest BCUT2D eigenvalue weighted by molar-refractivity contribution is -0.136. The Hall–Kier alpha value is -2.51. The summed E-state index contributed by atoms with van der Waals surface area (Å²) in [5, 5.41) is 3.88. The third-order valence-corrected chi connectivity index (χ3v) is 5.64. The highest BCUT2D eigenvalue weighted by Gasteiger charge is 2.23. The van der Waals surface area contributed by atoms with Gasteiger partial charge in [-0.3, -0.25) is 4.79 Å². The van der Waals surface area contributed by atoms with E-state index in [0.717, 1.165) is 17.5 Å². The van der Waals surface area contributed by atoms with Gasteiger partial charge in [-0.25, -0.2) is 4.98 Å². The van der Waals surface area contributed by atoms with Gasteiger partial charge in [-0.2, -0.15) is 0 Å². The number of aromatic nitrogens is 1. The lowest BCUT2D eigenvalue weighted by atomic mass is 10.1. The summed E-state index contributed by atoms with van der Waals surface area (Å²) in [5.74, 6) is 2.07. The van der Waals surface area contributed by atoms with Crippen molar-refractivity contribution in [1.82, 2.24) is 15.2 Å². The summed E-state index contributed by atoms with van der Waals surface area (Å²) in [5.41, 5.74) is 1.89. The van der Waals surface area contributed by atoms with E-state index >= 15 is 0 Å². The van der Waals surface area contributed by atoms with Gasteiger partial charge in [-0.15, -0.1) is 0 Å². The molecule has 1 amide bonds. The van der Waals surface area contributed by atoms with Crippen LogP contribution in [0.4, 0.5) is 0 Å². The highest BCUT2D eigenvalue weighted by molar-refractivity contribution is 6.32. The smallest absolute Gasteiger partial charge is 0.226 e. The van der Waals surface area contributed by atoms with Gasteiger partial charge in [-0.1, -0.05) is 38.4 Å². The minimum atomic E-state index is -0.192. The van der Waals surface area contributed by atoms with Gasteiger partial charge in [-0.05, 0) is 29.7 Å². The number of fused-ring (bicyclic) bond motifs is 1. The van der Waals surface area contributed by atoms with Gasteiger partial charge in [0.2, 0.25) is 11.8 Å². The van der Waals surface area contributed by atoms with Crippen molar-refractivity contribution in [3.63, 3.8) is 0 Å². The Balaban J connectivity index is 1.66. The van der Waals surface area contributed by atoms with Crippen LogP contribution in [0.1, 0.15) is 38.3 Å². The molecule has 33 heavy (non-hydrogen) atoms. The van der Waals surface area contributed by atoms with Crippen LogP contribution >= 0.6 is 11.6 Å². The lowest BCUT2D eigenvalue weighted by Crippen LogP contribution is -2.40. The maximum Gasteiger partial charge on any atom is 0.226 e. The number of methoxy groups -OCH3 is 1. The Morgan fingerprint density at radius 1 is 1.27 bits per heavy atom. The van der Waals surface area contributed by atoms with Crippen LogP contribution in [0.2, 0.25) is 5.02 Å². The first kappa shape index (κ1) is 25.1. The first-order valence-corrected chi connectivity index (χ1v) is 11.8. The SMILES string of the molecule is COc1ncccc1CNCC(C)C(=O)N(Cc1cc(Cl)c2c(c1)OCCCO2)CC(C)C. The van der Waals surface area contributed by atoms with E-state index in [1.54, 1.807) is 13.3 Å². The van der Waals surface area contributed by atoms with E-state index in [1.165, 1.54) is 0 Å². The average molecular weight is 476 g/mol. The van der Waals surface area contributed by atoms with Crippen LogP contribution in [0, 0.1) is 11.8 Å². The monoisotopic (exact) mass is 475 g/mol. The molecule has 8 heteroatoms. The molecule has 1 aromatic heterocycles. The molecule has 180 valence electrons. The van der Waals surface area contributed by atoms with Gasteiger partial charge in [0.25, 0.3) is 0 Å². The Morgan fingerprint density at radius 3 is 2.82 bits per heavy atom. The zero-order valence-electron chi connectivity index (χ0n) is 19.9. The quantitative estimate of drug-likeness (QED) is 0.551. The van der Waals surface area contributed by atoms with Crippen molar-refractivity contribution in [2.24, 2.45) is 11.8 Å². The summed E-state index contributed by atoms with van der Waals surface area (Å²) in [6, 6.07) is 7.64. The van der Waals surface area contributed by atoms with E-state index in [4.69, 9.17) is 25.8 Å². The molecule has 1 aliphatic heterocycles. The fraction of sp³-hybridized carbons (Fsp3) is 0.520. The number of halogens is 1. The molecule has 0 fully saturated rings. The standard InChI is InChI=1S/C25H34ClN3O4/c1-17(2)15-29(16-19-11-21(26)23-22(12-19)32-9-6-10-33-23)25(30)18(3)13-27-14-20-7-5-8-28-24(20)31-4/h5,7-8,11-12,17-18,27H,6,9-10,13-16H2,1-4H3. The fourth-order valence-electron chi connectivity index (χ4n) is 3.83. The Kier molecular flexibility index (Phi) is 9.21. The van der Waals surface area contributed by atoms with Gasteiger partial charge in [0.1, 0.15) is 0 Å². The molecule has 1 N–H and O–H groups in total. The van der Waals surface area contributed by atoms with Crippen molar-refractivity contribution in [2.75, 3.05) is 33.4 Å². The molecule has 0 aliphatic carbocycles. The number of hydrogen-bond acceptors (Lipinski definition) is 6. The number of carbonyl (C=O) groups is 1. The first-order chi connectivity index (χ1) is 15.9. The number of carbonyl (C=O) groups excluding carboxylic acids is 1. The van der Waals surface area contributed by atoms with Crippen molar-refractivity contribution >= 4 is 17.5 Å². The number of nitrogens with one attached hydrogen (secondary N) is 1. The van der Waals surface area contributed by atoms with E-state index in [9.17, 15) is 4.79 Å². The molecule has 3 rings (SSSR count). The molecule has 2 aromatic rings. The van der Waals surface area contributed by atoms with Gasteiger partial charge in [0.05, 0.1) is 25.3 Å². The molecule has 0 bridgehead atoms. The molecule has 1 aliphatic rings. The van der Waals surface area contributed by atoms with E-state index < -0.39 is 0 Å². The van der Waals surface area contributed by atoms with Crippen molar-refractivity contribution < 1.29 is 19.0 Å². The highest BCUT2D eigenvalue weighted by Crippen LogP contribution is 2.38. The van der Waals surface area contributed by atoms with Crippen LogP contribution in [-0.2, 0) is 17.9 Å². The number of amides is 1. The normalized spacial score (nSPS) is 14.0. The second kappa shape index (κ2) is 12.1. The fourth-order valence-corrected chi connectivity index (χ4v) is 4.12. The zero-order valence-corrected chi connectivity index (χ0v) is 20.7. The molecule has 2 heterocycles. The van der Waals surface area contributed by atoms with Crippen molar-refractivity contribution in [3.05, 3.63) is 46.6 Å². The van der Waals surface area contributed by atoms with Crippen molar-refractivity contribution in [2.45, 2.75) is 40.3 Å². The molecule has 1 aromatic carbocycles. The highest BCUT2D eigenvalue weighted by atomic mass is 35.5. The van der Waals surface area contributed by atoms with E-state index in [1.807, 2.05) is 36.1 Å². The maximum absolute atomic E-state index is 13.3. The lowest BCUT2D eigenvalue weighted by Gasteiger charge is -2.28. The largest absolute Gasteiger partial charge is 0.489 e. The Morgan fingerprint density at radius 2 is 2.06 bits per heavy atom. The van der Waals surface area contributed by atoms with E-state index in [2.05, 4.69) is 24.1 Å². The summed E-state index contributed by atoms with van der Waals surface area (Å²) in [6.07, 6.45) is 2.51. The number of nitrogens with zero attached hydrogens (tertiary/aromatic N) is 2. The molecule has 0 radical (unpaired) electrons. The summed E-state index contributed by atoms with van der Waals surface area (Å²) in [4.78, 5) is 19.5. The topological polar surface area (TPSA) is 72.9 Å². The first-order valence-electron chi connectivity index (χ1n) is 11.4. The minimum Gasteiger partial charge on any atom is -0.489 e. The number of ether oxygens (including phenoxy) is 3. The minimum absolute atomic E-state index is 0.0950. The molecular formula is C25H34ClN3O4. The van der Waals surface area contributed by atoms with Crippen LogP contribution in [0.15, 0.2) is 30.5 Å². The number of pyridine rings is 1. The molecule has 0 saturated carbocycles. The van der Waals surface area contributed by atoms with Crippen LogP contribution in [-0.4, -0.2) is 49.2 Å². The number of rotatable bonds is 10. The Bertz CT molecular complexity index is 938. The molecular weight excluding hydrogens is 442 g/mol. The molecule has 7 nitrogen and oxygen atoms in total. The van der Waals surface area contributed by atoms with Gasteiger partial charge in [0, 0.05) is 50.3 Å². The van der Waals surface area contributed by atoms with E-state index in [0.29, 0.717) is 67.7 Å². The van der Waals surface area contributed by atoms with E-state index in [-0.39, 0.29) is 11.8 Å². The van der Waals surface area contributed by atoms with Gasteiger partial charge in [0.15, 0.2) is 11.5 Å².